The minimum Gasteiger partial charge on any atom is -0.301 e. The topological polar surface area (TPSA) is 98.5 Å². The Morgan fingerprint density at radius 3 is 2.77 bits per heavy atom. The van der Waals surface area contributed by atoms with Crippen LogP contribution in [0.15, 0.2) is 30.3 Å². The van der Waals surface area contributed by atoms with Gasteiger partial charge in [-0.15, -0.1) is 20.4 Å². The molecule has 3 aromatic rings. The van der Waals surface area contributed by atoms with Crippen LogP contribution in [0.5, 0.6) is 0 Å². The van der Waals surface area contributed by atoms with Gasteiger partial charge in [-0.3, -0.25) is 4.79 Å². The van der Waals surface area contributed by atoms with Crippen molar-refractivity contribution in [2.45, 2.75) is 39.7 Å². The molecule has 1 N–H and O–H groups in total. The van der Waals surface area contributed by atoms with Gasteiger partial charge in [0, 0.05) is 18.4 Å². The molecule has 136 valence electrons. The molecule has 0 aliphatic heterocycles. The number of nitrogens with zero attached hydrogens (tertiary/aromatic N) is 6. The highest BCUT2D eigenvalue weighted by Gasteiger charge is 2.10. The highest BCUT2D eigenvalue weighted by molar-refractivity contribution is 7.15. The van der Waals surface area contributed by atoms with Gasteiger partial charge in [0.25, 0.3) is 0 Å². The van der Waals surface area contributed by atoms with Crippen molar-refractivity contribution in [1.29, 1.82) is 0 Å². The van der Waals surface area contributed by atoms with Gasteiger partial charge >= 0.3 is 0 Å². The zero-order valence-corrected chi connectivity index (χ0v) is 15.6. The number of amides is 1. The second-order valence-electron chi connectivity index (χ2n) is 6.33. The van der Waals surface area contributed by atoms with Gasteiger partial charge in [-0.05, 0) is 17.6 Å². The summed E-state index contributed by atoms with van der Waals surface area (Å²) in [5.74, 6) is 1.02. The smallest absolute Gasteiger partial charge is 0.226 e. The van der Waals surface area contributed by atoms with Crippen LogP contribution in [0, 0.1) is 5.92 Å². The highest BCUT2D eigenvalue weighted by atomic mass is 32.1. The number of aromatic nitrogens is 6. The highest BCUT2D eigenvalue weighted by Crippen LogP contribution is 2.18. The first-order chi connectivity index (χ1) is 12.6. The van der Waals surface area contributed by atoms with Crippen LogP contribution >= 0.6 is 11.3 Å². The van der Waals surface area contributed by atoms with Gasteiger partial charge in [-0.25, -0.2) is 0 Å². The standard InChI is InChI=1S/C17H21N7OS/c1-12(2)11-15-19-21-17(26-15)18-14(25)9-6-10-24-22-16(20-23-24)13-7-4-3-5-8-13/h3-5,7-8,12H,6,9-11H2,1-2H3,(H,18,21,25). The molecule has 2 aromatic heterocycles. The van der Waals surface area contributed by atoms with E-state index in [0.29, 0.717) is 36.3 Å². The summed E-state index contributed by atoms with van der Waals surface area (Å²) < 4.78 is 0. The molecule has 0 aliphatic carbocycles. The largest absolute Gasteiger partial charge is 0.301 e. The summed E-state index contributed by atoms with van der Waals surface area (Å²) in [6.07, 6.45) is 1.85. The summed E-state index contributed by atoms with van der Waals surface area (Å²) in [5.41, 5.74) is 0.921. The average Bonchev–Trinajstić information content (AvgIpc) is 3.25. The van der Waals surface area contributed by atoms with Crippen molar-refractivity contribution < 1.29 is 4.79 Å². The number of carbonyl (C=O) groups is 1. The van der Waals surface area contributed by atoms with E-state index in [-0.39, 0.29) is 5.91 Å². The van der Waals surface area contributed by atoms with Crippen LogP contribution in [0.3, 0.4) is 0 Å². The lowest BCUT2D eigenvalue weighted by Crippen LogP contribution is -2.13. The van der Waals surface area contributed by atoms with E-state index in [2.05, 4.69) is 44.8 Å². The fourth-order valence-electron chi connectivity index (χ4n) is 2.34. The Balaban J connectivity index is 1.44. The summed E-state index contributed by atoms with van der Waals surface area (Å²) in [6.45, 7) is 4.78. The molecule has 0 saturated heterocycles. The van der Waals surface area contributed by atoms with Crippen molar-refractivity contribution >= 4 is 22.4 Å². The fourth-order valence-corrected chi connectivity index (χ4v) is 3.31. The minimum absolute atomic E-state index is 0.0827. The number of tetrazole rings is 1. The SMILES string of the molecule is CC(C)Cc1nnc(NC(=O)CCCn2nnc(-c3ccccc3)n2)s1. The van der Waals surface area contributed by atoms with Crippen LogP contribution in [-0.2, 0) is 17.8 Å². The Bertz CT molecular complexity index is 844. The van der Waals surface area contributed by atoms with Crippen molar-refractivity contribution in [2.24, 2.45) is 5.92 Å². The number of hydrogen-bond donors (Lipinski definition) is 1. The molecule has 26 heavy (non-hydrogen) atoms. The molecule has 2 heterocycles. The zero-order chi connectivity index (χ0) is 18.4. The van der Waals surface area contributed by atoms with Crippen LogP contribution < -0.4 is 5.32 Å². The Kier molecular flexibility index (Phi) is 6.00. The van der Waals surface area contributed by atoms with E-state index in [1.165, 1.54) is 16.1 Å². The van der Waals surface area contributed by atoms with Crippen LogP contribution in [0.2, 0.25) is 0 Å². The third-order valence-electron chi connectivity index (χ3n) is 3.54. The lowest BCUT2D eigenvalue weighted by molar-refractivity contribution is -0.116. The predicted molar refractivity (Wildman–Crippen MR) is 99.6 cm³/mol. The normalized spacial score (nSPS) is 11.0. The van der Waals surface area contributed by atoms with Crippen molar-refractivity contribution in [2.75, 3.05) is 5.32 Å². The van der Waals surface area contributed by atoms with Gasteiger partial charge in [0.2, 0.25) is 16.9 Å². The second-order valence-corrected chi connectivity index (χ2v) is 7.39. The molecule has 0 radical (unpaired) electrons. The molecule has 8 nitrogen and oxygen atoms in total. The van der Waals surface area contributed by atoms with Gasteiger partial charge < -0.3 is 5.32 Å². The molecule has 1 aromatic carbocycles. The monoisotopic (exact) mass is 371 g/mol. The summed E-state index contributed by atoms with van der Waals surface area (Å²) in [6, 6.07) is 9.67. The first kappa shape index (κ1) is 18.1. The van der Waals surface area contributed by atoms with E-state index in [1.807, 2.05) is 30.3 Å². The van der Waals surface area contributed by atoms with Crippen molar-refractivity contribution in [3.63, 3.8) is 0 Å². The molecule has 0 bridgehead atoms. The molecule has 0 saturated carbocycles. The molecular weight excluding hydrogens is 350 g/mol. The number of aryl methyl sites for hydroxylation is 1. The molecule has 1 amide bonds. The summed E-state index contributed by atoms with van der Waals surface area (Å²) in [7, 11) is 0. The quantitative estimate of drug-likeness (QED) is 0.654. The fraction of sp³-hybridized carbons (Fsp3) is 0.412. The number of nitrogens with one attached hydrogen (secondary N) is 1. The molecular formula is C17H21N7OS. The molecule has 9 heteroatoms. The molecule has 0 aliphatic rings. The zero-order valence-electron chi connectivity index (χ0n) is 14.8. The van der Waals surface area contributed by atoms with Crippen LogP contribution in [0.1, 0.15) is 31.7 Å². The third-order valence-corrected chi connectivity index (χ3v) is 4.40. The van der Waals surface area contributed by atoms with Crippen LogP contribution in [0.4, 0.5) is 5.13 Å². The lowest BCUT2D eigenvalue weighted by Gasteiger charge is -2.01. The number of anilines is 1. The van der Waals surface area contributed by atoms with Gasteiger partial charge in [-0.2, -0.15) is 4.80 Å². The van der Waals surface area contributed by atoms with Crippen molar-refractivity contribution in [1.82, 2.24) is 30.4 Å². The van der Waals surface area contributed by atoms with Gasteiger partial charge in [-0.1, -0.05) is 55.5 Å². The van der Waals surface area contributed by atoms with E-state index in [0.717, 1.165) is 17.0 Å². The van der Waals surface area contributed by atoms with E-state index in [1.54, 1.807) is 0 Å². The maximum Gasteiger partial charge on any atom is 0.226 e. The Labute approximate surface area is 155 Å². The van der Waals surface area contributed by atoms with Crippen molar-refractivity contribution in [3.8, 4) is 11.4 Å². The molecule has 0 unspecified atom stereocenters. The van der Waals surface area contributed by atoms with Crippen LogP contribution in [-0.4, -0.2) is 36.3 Å². The van der Waals surface area contributed by atoms with Gasteiger partial charge in [0.1, 0.15) is 5.01 Å². The second kappa shape index (κ2) is 8.61. The van der Waals surface area contributed by atoms with E-state index in [9.17, 15) is 4.79 Å². The predicted octanol–water partition coefficient (Wildman–Crippen LogP) is 2.81. The first-order valence-corrected chi connectivity index (χ1v) is 9.37. The van der Waals surface area contributed by atoms with Gasteiger partial charge in [0.15, 0.2) is 0 Å². The number of carbonyl (C=O) groups excluding carboxylic acids is 1. The Morgan fingerprint density at radius 1 is 1.19 bits per heavy atom. The first-order valence-electron chi connectivity index (χ1n) is 8.55. The minimum atomic E-state index is -0.0827. The summed E-state index contributed by atoms with van der Waals surface area (Å²) in [4.78, 5) is 13.5. The van der Waals surface area contributed by atoms with E-state index < -0.39 is 0 Å². The maximum atomic E-state index is 12.0. The van der Waals surface area contributed by atoms with Crippen LogP contribution in [0.25, 0.3) is 11.4 Å². The van der Waals surface area contributed by atoms with Crippen molar-refractivity contribution in [3.05, 3.63) is 35.3 Å². The molecule has 0 atom stereocenters. The molecule has 3 rings (SSSR count). The number of rotatable bonds is 8. The number of hydrogen-bond acceptors (Lipinski definition) is 7. The number of benzene rings is 1. The average molecular weight is 371 g/mol. The molecule has 0 fully saturated rings. The van der Waals surface area contributed by atoms with Gasteiger partial charge in [0.05, 0.1) is 6.54 Å². The third kappa shape index (κ3) is 5.16. The molecule has 0 spiro atoms. The van der Waals surface area contributed by atoms with E-state index >= 15 is 0 Å². The maximum absolute atomic E-state index is 12.0. The Hall–Kier alpha value is -2.68. The lowest BCUT2D eigenvalue weighted by atomic mass is 10.1. The summed E-state index contributed by atoms with van der Waals surface area (Å²) in [5, 5.41) is 24.8. The summed E-state index contributed by atoms with van der Waals surface area (Å²) >= 11 is 1.43. The Morgan fingerprint density at radius 2 is 2.00 bits per heavy atom. The van der Waals surface area contributed by atoms with E-state index in [4.69, 9.17) is 0 Å².